The first kappa shape index (κ1) is 15.7. The molecule has 4 nitrogen and oxygen atoms in total. The average Bonchev–Trinajstić information content (AvgIpc) is 2.54. The second-order valence-corrected chi connectivity index (χ2v) is 5.41. The van der Waals surface area contributed by atoms with Crippen LogP contribution in [0.4, 0.5) is 18.9 Å². The van der Waals surface area contributed by atoms with E-state index in [1.165, 1.54) is 12.3 Å². The van der Waals surface area contributed by atoms with Crippen LogP contribution < -0.4 is 4.90 Å². The van der Waals surface area contributed by atoms with Crippen molar-refractivity contribution in [3.63, 3.8) is 0 Å². The van der Waals surface area contributed by atoms with Crippen molar-refractivity contribution in [2.24, 2.45) is 0 Å². The van der Waals surface area contributed by atoms with E-state index in [4.69, 9.17) is 4.74 Å². The van der Waals surface area contributed by atoms with E-state index in [9.17, 15) is 13.2 Å². The van der Waals surface area contributed by atoms with Crippen molar-refractivity contribution in [1.29, 1.82) is 0 Å². The molecule has 0 amide bonds. The fraction of sp³-hybridized carbons (Fsp3) is 0.375. The average molecular weight is 323 g/mol. The number of hydrogen-bond donors (Lipinski definition) is 0. The number of morpholine rings is 1. The van der Waals surface area contributed by atoms with Gasteiger partial charge in [-0.05, 0) is 30.7 Å². The Hall–Kier alpha value is -2.15. The lowest BCUT2D eigenvalue weighted by Crippen LogP contribution is -2.37. The Bertz CT molecular complexity index is 697. The van der Waals surface area contributed by atoms with Crippen molar-refractivity contribution in [2.45, 2.75) is 13.1 Å². The molecule has 0 radical (unpaired) electrons. The van der Waals surface area contributed by atoms with Crippen LogP contribution >= 0.6 is 0 Å². The number of alkyl halides is 3. The molecule has 23 heavy (non-hydrogen) atoms. The molecule has 1 aliphatic rings. The number of nitrogens with zero attached hydrogens (tertiary/aromatic N) is 3. The van der Waals surface area contributed by atoms with Gasteiger partial charge in [0.25, 0.3) is 0 Å². The van der Waals surface area contributed by atoms with Crippen molar-refractivity contribution in [3.05, 3.63) is 41.9 Å². The lowest BCUT2D eigenvalue weighted by molar-refractivity contribution is -0.140. The second kappa shape index (κ2) is 6.16. The number of aryl methyl sites for hydroxylation is 1. The quantitative estimate of drug-likeness (QED) is 0.850. The number of anilines is 1. The lowest BCUT2D eigenvalue weighted by Gasteiger charge is -2.30. The van der Waals surface area contributed by atoms with Gasteiger partial charge < -0.3 is 9.64 Å². The van der Waals surface area contributed by atoms with Crippen molar-refractivity contribution in [3.8, 4) is 11.3 Å². The Morgan fingerprint density at radius 2 is 1.87 bits per heavy atom. The normalized spacial score (nSPS) is 15.7. The highest BCUT2D eigenvalue weighted by atomic mass is 19.4. The van der Waals surface area contributed by atoms with Crippen LogP contribution in [0, 0.1) is 6.92 Å². The molecule has 0 saturated carbocycles. The molecule has 1 fully saturated rings. The molecule has 0 N–H and O–H groups in total. The van der Waals surface area contributed by atoms with Gasteiger partial charge in [-0.3, -0.25) is 4.98 Å². The van der Waals surface area contributed by atoms with E-state index >= 15 is 0 Å². The van der Waals surface area contributed by atoms with E-state index in [0.29, 0.717) is 31.9 Å². The zero-order valence-electron chi connectivity index (χ0n) is 12.6. The first-order valence-electron chi connectivity index (χ1n) is 7.28. The van der Waals surface area contributed by atoms with Gasteiger partial charge in [-0.1, -0.05) is 0 Å². The van der Waals surface area contributed by atoms with Crippen LogP contribution in [-0.2, 0) is 10.9 Å². The third-order valence-electron chi connectivity index (χ3n) is 3.66. The van der Waals surface area contributed by atoms with Gasteiger partial charge in [0.2, 0.25) is 0 Å². The summed E-state index contributed by atoms with van der Waals surface area (Å²) in [6, 6.07) is 4.86. The van der Waals surface area contributed by atoms with Gasteiger partial charge in [-0.15, -0.1) is 0 Å². The van der Waals surface area contributed by atoms with Crippen molar-refractivity contribution < 1.29 is 17.9 Å². The minimum absolute atomic E-state index is 0.102. The molecule has 0 aliphatic carbocycles. The van der Waals surface area contributed by atoms with Crippen molar-refractivity contribution in [2.75, 3.05) is 31.2 Å². The van der Waals surface area contributed by atoms with Gasteiger partial charge in [0.15, 0.2) is 5.69 Å². The highest BCUT2D eigenvalue weighted by Gasteiger charge is 2.37. The van der Waals surface area contributed by atoms with Crippen LogP contribution in [-0.4, -0.2) is 36.3 Å². The van der Waals surface area contributed by atoms with Gasteiger partial charge in [-0.25, -0.2) is 4.98 Å². The topological polar surface area (TPSA) is 38.2 Å². The fourth-order valence-electron chi connectivity index (χ4n) is 2.58. The summed E-state index contributed by atoms with van der Waals surface area (Å²) in [4.78, 5) is 9.56. The van der Waals surface area contributed by atoms with Gasteiger partial charge in [0.1, 0.15) is 0 Å². The van der Waals surface area contributed by atoms with E-state index in [1.807, 2.05) is 6.92 Å². The summed E-state index contributed by atoms with van der Waals surface area (Å²) in [5, 5.41) is 0. The molecule has 0 atom stereocenters. The number of aromatic nitrogens is 2. The summed E-state index contributed by atoms with van der Waals surface area (Å²) < 4.78 is 45.5. The first-order valence-corrected chi connectivity index (χ1v) is 7.28. The molecule has 2 aromatic rings. The van der Waals surface area contributed by atoms with Crippen molar-refractivity contribution in [1.82, 2.24) is 9.97 Å². The molecule has 7 heteroatoms. The second-order valence-electron chi connectivity index (χ2n) is 5.41. The van der Waals surface area contributed by atoms with Crippen LogP contribution in [0.5, 0.6) is 0 Å². The highest BCUT2D eigenvalue weighted by molar-refractivity contribution is 5.64. The Labute approximate surface area is 131 Å². The predicted molar refractivity (Wildman–Crippen MR) is 80.2 cm³/mol. The standard InChI is InChI=1S/C16H16F3N3O/c1-11-8-12(10-20-9-11)13-2-3-14(15(21-13)16(17,18)19)22-4-6-23-7-5-22/h2-3,8-10H,4-7H2,1H3. The monoisotopic (exact) mass is 323 g/mol. The molecular formula is C16H16F3N3O. The van der Waals surface area contributed by atoms with Crippen LogP contribution in [0.25, 0.3) is 11.3 Å². The van der Waals surface area contributed by atoms with Crippen LogP contribution in [0.3, 0.4) is 0 Å². The van der Waals surface area contributed by atoms with E-state index in [1.54, 1.807) is 23.2 Å². The third-order valence-corrected chi connectivity index (χ3v) is 3.66. The maximum Gasteiger partial charge on any atom is 0.435 e. The molecule has 0 aromatic carbocycles. The first-order chi connectivity index (χ1) is 10.9. The molecule has 1 aliphatic heterocycles. The minimum atomic E-state index is -4.51. The molecule has 3 rings (SSSR count). The zero-order valence-corrected chi connectivity index (χ0v) is 12.6. The summed E-state index contributed by atoms with van der Waals surface area (Å²) >= 11 is 0. The highest BCUT2D eigenvalue weighted by Crippen LogP contribution is 2.37. The minimum Gasteiger partial charge on any atom is -0.378 e. The maximum absolute atomic E-state index is 13.4. The smallest absolute Gasteiger partial charge is 0.378 e. The number of ether oxygens (including phenoxy) is 1. The summed E-state index contributed by atoms with van der Waals surface area (Å²) in [7, 11) is 0. The van der Waals surface area contributed by atoms with Crippen molar-refractivity contribution >= 4 is 5.69 Å². The molecule has 122 valence electrons. The van der Waals surface area contributed by atoms with Crippen LogP contribution in [0.15, 0.2) is 30.6 Å². The Kier molecular flexibility index (Phi) is 4.21. The predicted octanol–water partition coefficient (Wildman–Crippen LogP) is 3.31. The van der Waals surface area contributed by atoms with Crippen LogP contribution in [0.1, 0.15) is 11.3 Å². The maximum atomic E-state index is 13.4. The summed E-state index contributed by atoms with van der Waals surface area (Å²) in [5.41, 5.74) is 0.952. The molecule has 0 spiro atoms. The van der Waals surface area contributed by atoms with E-state index in [2.05, 4.69) is 9.97 Å². The SMILES string of the molecule is Cc1cncc(-c2ccc(N3CCOCC3)c(C(F)(F)F)n2)c1. The molecular weight excluding hydrogens is 307 g/mol. The van der Waals surface area contributed by atoms with Crippen LogP contribution in [0.2, 0.25) is 0 Å². The van der Waals surface area contributed by atoms with Gasteiger partial charge in [-0.2, -0.15) is 13.2 Å². The largest absolute Gasteiger partial charge is 0.435 e. The molecule has 0 unspecified atom stereocenters. The lowest BCUT2D eigenvalue weighted by atomic mass is 10.1. The number of hydrogen-bond acceptors (Lipinski definition) is 4. The third kappa shape index (κ3) is 3.44. The zero-order chi connectivity index (χ0) is 16.4. The Morgan fingerprint density at radius 3 is 2.52 bits per heavy atom. The van der Waals surface area contributed by atoms with Gasteiger partial charge in [0, 0.05) is 31.0 Å². The van der Waals surface area contributed by atoms with E-state index < -0.39 is 11.9 Å². The molecule has 2 aromatic heterocycles. The molecule has 1 saturated heterocycles. The van der Waals surface area contributed by atoms with Gasteiger partial charge in [0.05, 0.1) is 24.6 Å². The Morgan fingerprint density at radius 1 is 1.13 bits per heavy atom. The Balaban J connectivity index is 2.05. The molecule has 3 heterocycles. The van der Waals surface area contributed by atoms with E-state index in [0.717, 1.165) is 5.56 Å². The molecule has 0 bridgehead atoms. The number of rotatable bonds is 2. The number of pyridine rings is 2. The van der Waals surface area contributed by atoms with Gasteiger partial charge >= 0.3 is 6.18 Å². The summed E-state index contributed by atoms with van der Waals surface area (Å²) in [6.45, 7) is 3.52. The van der Waals surface area contributed by atoms with E-state index in [-0.39, 0.29) is 11.4 Å². The fourth-order valence-corrected chi connectivity index (χ4v) is 2.58. The number of halogens is 3. The summed E-state index contributed by atoms with van der Waals surface area (Å²) in [5.74, 6) is 0. The summed E-state index contributed by atoms with van der Waals surface area (Å²) in [6.07, 6.45) is -1.35.